The maximum absolute atomic E-state index is 12.7. The van der Waals surface area contributed by atoms with Crippen molar-refractivity contribution >= 4 is 34.9 Å². The van der Waals surface area contributed by atoms with Gasteiger partial charge in [-0.1, -0.05) is 24.2 Å². The van der Waals surface area contributed by atoms with Crippen molar-refractivity contribution in [3.63, 3.8) is 0 Å². The minimum absolute atomic E-state index is 0.0624. The number of halogens is 1. The maximum atomic E-state index is 12.7. The lowest BCUT2D eigenvalue weighted by Gasteiger charge is -2.36. The number of pyridine rings is 2. The van der Waals surface area contributed by atoms with Gasteiger partial charge in [-0.15, -0.1) is 0 Å². The molecule has 0 bridgehead atoms. The lowest BCUT2D eigenvalue weighted by molar-refractivity contribution is -0.127. The highest BCUT2D eigenvalue weighted by Crippen LogP contribution is 2.23. The topological polar surface area (TPSA) is 159 Å². The fraction of sp³-hybridized carbons (Fsp3) is 0.208. The number of hydrogen-bond acceptors (Lipinski definition) is 8. The van der Waals surface area contributed by atoms with Gasteiger partial charge >= 0.3 is 0 Å². The first-order chi connectivity index (χ1) is 17.4. The van der Waals surface area contributed by atoms with Gasteiger partial charge in [0.1, 0.15) is 17.2 Å². The molecule has 186 valence electrons. The van der Waals surface area contributed by atoms with E-state index in [1.54, 1.807) is 41.4 Å². The first kappa shape index (κ1) is 24.9. The number of likely N-dealkylation sites (tertiary alicyclic amines) is 1. The number of rotatable bonds is 7. The van der Waals surface area contributed by atoms with E-state index in [-0.39, 0.29) is 17.6 Å². The number of piperidine rings is 1. The minimum Gasteiger partial charge on any atom is -0.397 e. The Morgan fingerprint density at radius 1 is 1.28 bits per heavy atom. The molecule has 3 aromatic rings. The first-order valence-corrected chi connectivity index (χ1v) is 11.6. The van der Waals surface area contributed by atoms with Gasteiger partial charge in [0.15, 0.2) is 0 Å². The molecule has 1 saturated heterocycles. The number of amides is 2. The molecular weight excluding hydrogens is 482 g/mol. The third kappa shape index (κ3) is 5.70. The SMILES string of the molecule is C=CC(=O)N1CCC[C@@H](N(N)/C=C(\N)c2ccc(NC(=O)c3cccc(-c4[nH]ncc4Cl)n3)nc2)C1. The van der Waals surface area contributed by atoms with Gasteiger partial charge in [0.2, 0.25) is 5.91 Å². The van der Waals surface area contributed by atoms with Gasteiger partial charge in [0, 0.05) is 31.0 Å². The molecule has 0 saturated carbocycles. The number of hydrogen-bond donors (Lipinski definition) is 4. The number of nitrogens with one attached hydrogen (secondary N) is 2. The van der Waals surface area contributed by atoms with Crippen molar-refractivity contribution < 1.29 is 9.59 Å². The number of aromatic amines is 1. The van der Waals surface area contributed by atoms with Crippen molar-refractivity contribution in [3.8, 4) is 11.4 Å². The largest absolute Gasteiger partial charge is 0.397 e. The molecule has 1 atom stereocenters. The summed E-state index contributed by atoms with van der Waals surface area (Å²) in [5.74, 6) is 6.01. The Bertz CT molecular complexity index is 1290. The van der Waals surface area contributed by atoms with Crippen LogP contribution in [-0.4, -0.2) is 61.0 Å². The average Bonchev–Trinajstić information content (AvgIpc) is 3.34. The highest BCUT2D eigenvalue weighted by molar-refractivity contribution is 6.32. The second kappa shape index (κ2) is 11.0. The zero-order chi connectivity index (χ0) is 25.7. The standard InChI is InChI=1S/C24H26ClN9O2/c1-2-22(35)33-10-4-5-16(13-33)34(27)14-18(26)15-8-9-21(28-11-15)31-24(36)20-7-3-6-19(30-20)23-17(25)12-29-32-23/h2-3,6-9,11-12,14,16H,1,4-5,10,13,26-27H2,(H,29,32)(H,28,31,36)/b18-14-/t16-/m1/s1. The molecule has 4 heterocycles. The summed E-state index contributed by atoms with van der Waals surface area (Å²) in [7, 11) is 0. The predicted molar refractivity (Wildman–Crippen MR) is 137 cm³/mol. The number of nitrogens with zero attached hydrogens (tertiary/aromatic N) is 5. The summed E-state index contributed by atoms with van der Waals surface area (Å²) in [6.45, 7) is 4.72. The Hall–Kier alpha value is -4.22. The number of carbonyl (C=O) groups is 2. The number of carbonyl (C=O) groups excluding carboxylic acids is 2. The van der Waals surface area contributed by atoms with E-state index in [2.05, 4.69) is 32.1 Å². The molecule has 2 amide bonds. The molecule has 0 aromatic carbocycles. The minimum atomic E-state index is -0.430. The van der Waals surface area contributed by atoms with Crippen LogP contribution in [0.4, 0.5) is 5.82 Å². The molecule has 12 heteroatoms. The zero-order valence-corrected chi connectivity index (χ0v) is 20.2. The summed E-state index contributed by atoms with van der Waals surface area (Å²) < 4.78 is 0. The van der Waals surface area contributed by atoms with Gasteiger partial charge in [-0.25, -0.2) is 15.8 Å². The normalized spacial score (nSPS) is 15.9. The van der Waals surface area contributed by atoms with Crippen molar-refractivity contribution in [1.82, 2.24) is 30.1 Å². The maximum Gasteiger partial charge on any atom is 0.275 e. The molecule has 36 heavy (non-hydrogen) atoms. The van der Waals surface area contributed by atoms with Crippen molar-refractivity contribution in [2.45, 2.75) is 18.9 Å². The smallest absolute Gasteiger partial charge is 0.275 e. The highest BCUT2D eigenvalue weighted by Gasteiger charge is 2.24. The predicted octanol–water partition coefficient (Wildman–Crippen LogP) is 2.38. The van der Waals surface area contributed by atoms with Crippen molar-refractivity contribution in [2.24, 2.45) is 11.6 Å². The summed E-state index contributed by atoms with van der Waals surface area (Å²) in [6.07, 6.45) is 7.62. The Kier molecular flexibility index (Phi) is 7.62. The van der Waals surface area contributed by atoms with Crippen LogP contribution in [-0.2, 0) is 4.79 Å². The molecule has 3 aromatic heterocycles. The molecule has 0 unspecified atom stereocenters. The molecule has 1 fully saturated rings. The Morgan fingerprint density at radius 3 is 2.81 bits per heavy atom. The summed E-state index contributed by atoms with van der Waals surface area (Å²) >= 11 is 6.09. The van der Waals surface area contributed by atoms with Crippen LogP contribution in [0.2, 0.25) is 5.02 Å². The Labute approximate surface area is 212 Å². The third-order valence-corrected chi connectivity index (χ3v) is 6.05. The second-order valence-corrected chi connectivity index (χ2v) is 8.61. The van der Waals surface area contributed by atoms with Crippen molar-refractivity contribution in [3.05, 3.63) is 77.9 Å². The van der Waals surface area contributed by atoms with Crippen LogP contribution >= 0.6 is 11.6 Å². The van der Waals surface area contributed by atoms with Gasteiger partial charge in [-0.3, -0.25) is 14.7 Å². The molecule has 0 aliphatic carbocycles. The molecular formula is C24H26ClN9O2. The van der Waals surface area contributed by atoms with Gasteiger partial charge in [0.05, 0.1) is 28.7 Å². The lowest BCUT2D eigenvalue weighted by atomic mass is 10.1. The molecule has 1 aliphatic heterocycles. The van der Waals surface area contributed by atoms with E-state index in [1.165, 1.54) is 23.5 Å². The molecule has 6 N–H and O–H groups in total. The average molecular weight is 508 g/mol. The molecule has 0 spiro atoms. The van der Waals surface area contributed by atoms with E-state index < -0.39 is 5.91 Å². The first-order valence-electron chi connectivity index (χ1n) is 11.2. The fourth-order valence-electron chi connectivity index (χ4n) is 3.84. The molecule has 0 radical (unpaired) electrons. The molecule has 1 aliphatic rings. The number of anilines is 1. The summed E-state index contributed by atoms with van der Waals surface area (Å²) in [5, 5.41) is 11.3. The Morgan fingerprint density at radius 2 is 2.11 bits per heavy atom. The van der Waals surface area contributed by atoms with E-state index >= 15 is 0 Å². The van der Waals surface area contributed by atoms with Crippen LogP contribution in [0.3, 0.4) is 0 Å². The van der Waals surface area contributed by atoms with Gasteiger partial charge < -0.3 is 21.0 Å². The lowest BCUT2D eigenvalue weighted by Crippen LogP contribution is -2.50. The third-order valence-electron chi connectivity index (χ3n) is 5.76. The number of H-pyrrole nitrogens is 1. The second-order valence-electron chi connectivity index (χ2n) is 8.20. The number of aromatic nitrogens is 4. The Balaban J connectivity index is 1.40. The van der Waals surface area contributed by atoms with Gasteiger partial charge in [-0.2, -0.15) is 5.10 Å². The van der Waals surface area contributed by atoms with E-state index in [0.29, 0.717) is 46.6 Å². The van der Waals surface area contributed by atoms with Crippen LogP contribution in [0, 0.1) is 0 Å². The quantitative estimate of drug-likeness (QED) is 0.215. The highest BCUT2D eigenvalue weighted by atomic mass is 35.5. The molecule has 11 nitrogen and oxygen atoms in total. The van der Waals surface area contributed by atoms with Gasteiger partial charge in [-0.05, 0) is 43.2 Å². The molecule has 4 rings (SSSR count). The van der Waals surface area contributed by atoms with E-state index in [9.17, 15) is 9.59 Å². The fourth-order valence-corrected chi connectivity index (χ4v) is 4.03. The van der Waals surface area contributed by atoms with Crippen LogP contribution < -0.4 is 16.9 Å². The van der Waals surface area contributed by atoms with Crippen LogP contribution in [0.25, 0.3) is 17.1 Å². The van der Waals surface area contributed by atoms with E-state index in [1.807, 2.05) is 0 Å². The van der Waals surface area contributed by atoms with Crippen LogP contribution in [0.1, 0.15) is 28.9 Å². The number of nitrogens with two attached hydrogens (primary N) is 2. The van der Waals surface area contributed by atoms with Crippen LogP contribution in [0.15, 0.2) is 61.6 Å². The van der Waals surface area contributed by atoms with Gasteiger partial charge in [0.25, 0.3) is 5.91 Å². The van der Waals surface area contributed by atoms with Crippen LogP contribution in [0.5, 0.6) is 0 Å². The van der Waals surface area contributed by atoms with Crippen molar-refractivity contribution in [2.75, 3.05) is 18.4 Å². The summed E-state index contributed by atoms with van der Waals surface area (Å²) in [6, 6.07) is 8.31. The summed E-state index contributed by atoms with van der Waals surface area (Å²) in [5.41, 5.74) is 8.48. The zero-order valence-electron chi connectivity index (χ0n) is 19.4. The monoisotopic (exact) mass is 507 g/mol. The van der Waals surface area contributed by atoms with E-state index in [0.717, 1.165) is 12.8 Å². The number of hydrazine groups is 1. The van der Waals surface area contributed by atoms with E-state index in [4.69, 9.17) is 23.2 Å². The van der Waals surface area contributed by atoms with Crippen molar-refractivity contribution in [1.29, 1.82) is 0 Å². The summed E-state index contributed by atoms with van der Waals surface area (Å²) in [4.78, 5) is 34.9.